The molecule has 2 nitrogen and oxygen atoms in total. The molecule has 2 rings (SSSR count). The molecule has 0 aliphatic carbocycles. The number of amidine groups is 1. The largest absolute Gasteiger partial charge is 0.340 e. The smallest absolute Gasteiger partial charge is 0.132 e. The number of halogens is 3. The third-order valence-electron chi connectivity index (χ3n) is 2.33. The minimum absolute atomic E-state index is 0.174. The molecule has 0 saturated carbocycles. The van der Waals surface area contributed by atoms with Crippen LogP contribution in [0.2, 0.25) is 10.0 Å². The van der Waals surface area contributed by atoms with Gasteiger partial charge in [0.2, 0.25) is 0 Å². The predicted molar refractivity (Wildman–Crippen MR) is 81.1 cm³/mol. The Hall–Kier alpha value is -1.03. The maximum atomic E-state index is 8.01. The molecule has 0 unspecified atom stereocenters. The molecule has 2 N–H and O–H groups in total. The predicted octanol–water partition coefficient (Wildman–Crippen LogP) is 5.19. The normalized spacial score (nSPS) is 10.2. The second-order valence-corrected chi connectivity index (χ2v) is 5.33. The van der Waals surface area contributed by atoms with Crippen LogP contribution in [0.4, 0.5) is 5.69 Å². The topological polar surface area (TPSA) is 35.9 Å². The highest BCUT2D eigenvalue weighted by Crippen LogP contribution is 2.25. The fourth-order valence-corrected chi connectivity index (χ4v) is 2.33. The lowest BCUT2D eigenvalue weighted by Gasteiger charge is -2.11. The summed E-state index contributed by atoms with van der Waals surface area (Å²) in [7, 11) is 0. The van der Waals surface area contributed by atoms with E-state index in [9.17, 15) is 0 Å². The first-order chi connectivity index (χ1) is 8.58. The number of anilines is 1. The number of hydrogen-bond acceptors (Lipinski definition) is 1. The van der Waals surface area contributed by atoms with Crippen molar-refractivity contribution in [3.63, 3.8) is 0 Å². The Kier molecular flexibility index (Phi) is 4.27. The third kappa shape index (κ3) is 3.05. The van der Waals surface area contributed by atoms with Gasteiger partial charge in [-0.25, -0.2) is 0 Å². The van der Waals surface area contributed by atoms with E-state index in [-0.39, 0.29) is 5.84 Å². The third-order valence-corrected chi connectivity index (χ3v) is 3.48. The van der Waals surface area contributed by atoms with Gasteiger partial charge in [0.25, 0.3) is 0 Å². The van der Waals surface area contributed by atoms with E-state index in [1.807, 2.05) is 24.3 Å². The van der Waals surface area contributed by atoms with Crippen LogP contribution in [0.5, 0.6) is 0 Å². The van der Waals surface area contributed by atoms with Crippen molar-refractivity contribution in [2.24, 2.45) is 0 Å². The van der Waals surface area contributed by atoms with E-state index in [4.69, 9.17) is 28.6 Å². The Morgan fingerprint density at radius 1 is 1.00 bits per heavy atom. The minimum Gasteiger partial charge on any atom is -0.340 e. The van der Waals surface area contributed by atoms with Crippen molar-refractivity contribution in [1.29, 1.82) is 5.41 Å². The summed E-state index contributed by atoms with van der Waals surface area (Å²) in [5.41, 5.74) is 1.31. The Balaban J connectivity index is 2.25. The van der Waals surface area contributed by atoms with Gasteiger partial charge in [-0.05, 0) is 36.4 Å². The summed E-state index contributed by atoms with van der Waals surface area (Å²) in [6.45, 7) is 0. The fraction of sp³-hybridized carbons (Fsp3) is 0. The molecule has 92 valence electrons. The van der Waals surface area contributed by atoms with E-state index in [0.29, 0.717) is 15.6 Å². The number of hydrogen-bond donors (Lipinski definition) is 2. The lowest BCUT2D eigenvalue weighted by Crippen LogP contribution is -2.13. The highest BCUT2D eigenvalue weighted by molar-refractivity contribution is 9.10. The van der Waals surface area contributed by atoms with Crippen LogP contribution in [0.1, 0.15) is 5.56 Å². The molecule has 0 radical (unpaired) electrons. The summed E-state index contributed by atoms with van der Waals surface area (Å²) in [5.74, 6) is 0.174. The van der Waals surface area contributed by atoms with Crippen molar-refractivity contribution < 1.29 is 0 Å². The van der Waals surface area contributed by atoms with Crippen LogP contribution >= 0.6 is 39.1 Å². The summed E-state index contributed by atoms with van der Waals surface area (Å²) in [6, 6.07) is 12.7. The highest BCUT2D eigenvalue weighted by atomic mass is 79.9. The van der Waals surface area contributed by atoms with Crippen molar-refractivity contribution in [1.82, 2.24) is 0 Å². The average Bonchev–Trinajstić information content (AvgIpc) is 2.32. The molecule has 0 heterocycles. The fourth-order valence-electron chi connectivity index (χ4n) is 1.48. The SMILES string of the molecule is N=C(Nc1ccc(Br)cc1)c1c(Cl)cccc1Cl. The van der Waals surface area contributed by atoms with E-state index in [0.717, 1.165) is 10.2 Å². The second kappa shape index (κ2) is 5.74. The Morgan fingerprint density at radius 2 is 1.56 bits per heavy atom. The summed E-state index contributed by atoms with van der Waals surface area (Å²) in [6.07, 6.45) is 0. The van der Waals surface area contributed by atoms with Gasteiger partial charge in [0.15, 0.2) is 0 Å². The lowest BCUT2D eigenvalue weighted by molar-refractivity contribution is 1.44. The molecule has 2 aromatic carbocycles. The van der Waals surface area contributed by atoms with E-state index in [1.165, 1.54) is 0 Å². The zero-order valence-corrected chi connectivity index (χ0v) is 12.3. The first kappa shape index (κ1) is 13.4. The van der Waals surface area contributed by atoms with Crippen molar-refractivity contribution >= 4 is 50.7 Å². The van der Waals surface area contributed by atoms with Crippen LogP contribution in [0.15, 0.2) is 46.9 Å². The van der Waals surface area contributed by atoms with Crippen molar-refractivity contribution in [2.75, 3.05) is 5.32 Å². The quantitative estimate of drug-likeness (QED) is 0.571. The Labute approximate surface area is 124 Å². The molecule has 0 bridgehead atoms. The number of benzene rings is 2. The molecule has 2 aromatic rings. The van der Waals surface area contributed by atoms with Crippen molar-refractivity contribution in [3.05, 3.63) is 62.5 Å². The van der Waals surface area contributed by atoms with Crippen LogP contribution in [0, 0.1) is 5.41 Å². The van der Waals surface area contributed by atoms with Gasteiger partial charge in [0, 0.05) is 10.2 Å². The molecule has 5 heteroatoms. The van der Waals surface area contributed by atoms with Crippen LogP contribution in [0.3, 0.4) is 0 Å². The van der Waals surface area contributed by atoms with E-state index in [1.54, 1.807) is 18.2 Å². The van der Waals surface area contributed by atoms with Crippen LogP contribution < -0.4 is 5.32 Å². The van der Waals surface area contributed by atoms with Gasteiger partial charge >= 0.3 is 0 Å². The highest BCUT2D eigenvalue weighted by Gasteiger charge is 2.11. The van der Waals surface area contributed by atoms with Crippen molar-refractivity contribution in [2.45, 2.75) is 0 Å². The van der Waals surface area contributed by atoms with Gasteiger partial charge in [-0.2, -0.15) is 0 Å². The molecule has 18 heavy (non-hydrogen) atoms. The molecule has 0 aliphatic heterocycles. The zero-order chi connectivity index (χ0) is 13.1. The lowest BCUT2D eigenvalue weighted by atomic mass is 10.2. The van der Waals surface area contributed by atoms with Crippen LogP contribution in [-0.2, 0) is 0 Å². The van der Waals surface area contributed by atoms with E-state index < -0.39 is 0 Å². The summed E-state index contributed by atoms with van der Waals surface area (Å²) in [4.78, 5) is 0. The first-order valence-corrected chi connectivity index (χ1v) is 6.68. The van der Waals surface area contributed by atoms with Gasteiger partial charge < -0.3 is 5.32 Å². The van der Waals surface area contributed by atoms with Crippen LogP contribution in [-0.4, -0.2) is 5.84 Å². The summed E-state index contributed by atoms with van der Waals surface area (Å²) in [5, 5.41) is 11.9. The maximum Gasteiger partial charge on any atom is 0.132 e. The van der Waals surface area contributed by atoms with Gasteiger partial charge in [-0.15, -0.1) is 0 Å². The Morgan fingerprint density at radius 3 is 2.11 bits per heavy atom. The minimum atomic E-state index is 0.174. The van der Waals surface area contributed by atoms with Gasteiger partial charge in [0.1, 0.15) is 5.84 Å². The van der Waals surface area contributed by atoms with Gasteiger partial charge in [-0.1, -0.05) is 45.2 Å². The molecule has 0 spiro atoms. The summed E-state index contributed by atoms with van der Waals surface area (Å²) >= 11 is 15.4. The monoisotopic (exact) mass is 342 g/mol. The first-order valence-electron chi connectivity index (χ1n) is 5.13. The van der Waals surface area contributed by atoms with Crippen molar-refractivity contribution in [3.8, 4) is 0 Å². The van der Waals surface area contributed by atoms with Crippen LogP contribution in [0.25, 0.3) is 0 Å². The Bertz CT molecular complexity index is 562. The van der Waals surface area contributed by atoms with E-state index in [2.05, 4.69) is 21.2 Å². The maximum absolute atomic E-state index is 8.01. The molecule has 0 aliphatic rings. The average molecular weight is 344 g/mol. The molecule has 0 saturated heterocycles. The molecular formula is C13H9BrCl2N2. The van der Waals surface area contributed by atoms with Gasteiger partial charge in [-0.3, -0.25) is 5.41 Å². The number of rotatable bonds is 2. The molecular weight excluding hydrogens is 335 g/mol. The zero-order valence-electron chi connectivity index (χ0n) is 9.18. The van der Waals surface area contributed by atoms with E-state index >= 15 is 0 Å². The summed E-state index contributed by atoms with van der Waals surface area (Å²) < 4.78 is 0.982. The molecule has 0 amide bonds. The van der Waals surface area contributed by atoms with Gasteiger partial charge in [0.05, 0.1) is 15.6 Å². The molecule has 0 aromatic heterocycles. The standard InChI is InChI=1S/C13H9BrCl2N2/c14-8-4-6-9(7-5-8)18-13(17)12-10(15)2-1-3-11(12)16/h1-7H,(H2,17,18). The number of nitrogens with one attached hydrogen (secondary N) is 2. The second-order valence-electron chi connectivity index (χ2n) is 3.60. The molecule has 0 atom stereocenters. The molecule has 0 fully saturated rings.